The van der Waals surface area contributed by atoms with Crippen LogP contribution >= 0.6 is 0 Å². The fourth-order valence-corrected chi connectivity index (χ4v) is 3.19. The molecule has 2 aromatic carbocycles. The second-order valence-electron chi connectivity index (χ2n) is 6.10. The molecule has 0 aliphatic carbocycles. The van der Waals surface area contributed by atoms with Crippen LogP contribution in [0.1, 0.15) is 21.6 Å². The molecule has 0 aliphatic rings. The lowest BCUT2D eigenvalue weighted by Gasteiger charge is -2.10. The molecule has 0 saturated heterocycles. The van der Waals surface area contributed by atoms with Crippen LogP contribution in [0.4, 0.5) is 0 Å². The van der Waals surface area contributed by atoms with E-state index in [1.807, 2.05) is 62.5 Å². The number of pyridine rings is 1. The van der Waals surface area contributed by atoms with E-state index >= 15 is 0 Å². The number of nitrogens with zero attached hydrogens (tertiary/aromatic N) is 3. The minimum absolute atomic E-state index is 0.169. The third-order valence-electron chi connectivity index (χ3n) is 4.53. The highest BCUT2D eigenvalue weighted by atomic mass is 16.1. The van der Waals surface area contributed by atoms with Gasteiger partial charge in [0, 0.05) is 30.6 Å². The van der Waals surface area contributed by atoms with Crippen molar-refractivity contribution in [1.29, 1.82) is 0 Å². The molecule has 1 amide bonds. The first-order chi connectivity index (χ1) is 12.1. The van der Waals surface area contributed by atoms with E-state index in [9.17, 15) is 4.79 Å². The van der Waals surface area contributed by atoms with E-state index in [1.54, 1.807) is 10.9 Å². The van der Waals surface area contributed by atoms with Gasteiger partial charge in [-0.15, -0.1) is 0 Å². The zero-order valence-corrected chi connectivity index (χ0v) is 14.2. The SMILES string of the molecule is Cc1ccc2ncccc2c1CNC(=O)c1nn(C)c2ccccc12. The van der Waals surface area contributed by atoms with E-state index in [0.29, 0.717) is 12.2 Å². The van der Waals surface area contributed by atoms with Gasteiger partial charge in [0.2, 0.25) is 0 Å². The van der Waals surface area contributed by atoms with Gasteiger partial charge in [-0.1, -0.05) is 30.3 Å². The van der Waals surface area contributed by atoms with Crippen LogP contribution in [-0.2, 0) is 13.6 Å². The maximum atomic E-state index is 12.7. The van der Waals surface area contributed by atoms with Crippen LogP contribution in [-0.4, -0.2) is 20.7 Å². The molecule has 2 aromatic heterocycles. The summed E-state index contributed by atoms with van der Waals surface area (Å²) in [7, 11) is 1.85. The van der Waals surface area contributed by atoms with Crippen LogP contribution in [0.5, 0.6) is 0 Å². The molecule has 0 radical (unpaired) electrons. The Morgan fingerprint density at radius 2 is 1.88 bits per heavy atom. The van der Waals surface area contributed by atoms with Crippen LogP contribution in [0.25, 0.3) is 21.8 Å². The molecule has 0 bridgehead atoms. The van der Waals surface area contributed by atoms with Gasteiger partial charge in [-0.25, -0.2) is 0 Å². The summed E-state index contributed by atoms with van der Waals surface area (Å²) in [5.74, 6) is -0.169. The third-order valence-corrected chi connectivity index (χ3v) is 4.53. The Morgan fingerprint density at radius 1 is 1.08 bits per heavy atom. The summed E-state index contributed by atoms with van der Waals surface area (Å²) in [6.07, 6.45) is 1.78. The summed E-state index contributed by atoms with van der Waals surface area (Å²) in [4.78, 5) is 17.1. The molecule has 0 unspecified atom stereocenters. The lowest BCUT2D eigenvalue weighted by atomic mass is 10.0. The van der Waals surface area contributed by atoms with Crippen molar-refractivity contribution >= 4 is 27.7 Å². The maximum absolute atomic E-state index is 12.7. The second-order valence-corrected chi connectivity index (χ2v) is 6.10. The summed E-state index contributed by atoms with van der Waals surface area (Å²) in [5, 5.41) is 9.31. The summed E-state index contributed by atoms with van der Waals surface area (Å²) in [5.41, 5.74) is 4.54. The summed E-state index contributed by atoms with van der Waals surface area (Å²) < 4.78 is 1.73. The van der Waals surface area contributed by atoms with Gasteiger partial charge in [0.25, 0.3) is 5.91 Å². The Balaban J connectivity index is 1.65. The first-order valence-corrected chi connectivity index (χ1v) is 8.18. The van der Waals surface area contributed by atoms with Gasteiger partial charge >= 0.3 is 0 Å². The van der Waals surface area contributed by atoms with Crippen molar-refractivity contribution in [3.05, 3.63) is 71.5 Å². The van der Waals surface area contributed by atoms with Crippen molar-refractivity contribution in [3.63, 3.8) is 0 Å². The predicted octanol–water partition coefficient (Wildman–Crippen LogP) is 3.36. The lowest BCUT2D eigenvalue weighted by Crippen LogP contribution is -2.24. The van der Waals surface area contributed by atoms with Gasteiger partial charge in [0.15, 0.2) is 5.69 Å². The molecule has 0 fully saturated rings. The minimum Gasteiger partial charge on any atom is -0.347 e. The van der Waals surface area contributed by atoms with Crippen LogP contribution in [0.15, 0.2) is 54.7 Å². The number of aromatic nitrogens is 3. The third kappa shape index (κ3) is 2.63. The molecule has 0 saturated carbocycles. The molecular formula is C20H18N4O. The standard InChI is InChI=1S/C20H18N4O/c1-13-9-10-17-14(7-5-11-21-17)16(13)12-22-20(25)19-15-6-3-4-8-18(15)24(2)23-19/h3-11H,12H2,1-2H3,(H,22,25). The first kappa shape index (κ1) is 15.3. The number of fused-ring (bicyclic) bond motifs is 2. The van der Waals surface area contributed by atoms with E-state index in [-0.39, 0.29) is 5.91 Å². The number of hydrogen-bond donors (Lipinski definition) is 1. The highest BCUT2D eigenvalue weighted by molar-refractivity contribution is 6.04. The molecule has 25 heavy (non-hydrogen) atoms. The molecular weight excluding hydrogens is 312 g/mol. The van der Waals surface area contributed by atoms with Gasteiger partial charge in [0.1, 0.15) is 0 Å². The lowest BCUT2D eigenvalue weighted by molar-refractivity contribution is 0.0947. The molecule has 2 heterocycles. The van der Waals surface area contributed by atoms with E-state index in [2.05, 4.69) is 15.4 Å². The number of aryl methyl sites for hydroxylation is 2. The fraction of sp³-hybridized carbons (Fsp3) is 0.150. The Bertz CT molecular complexity index is 1100. The second kappa shape index (κ2) is 6.02. The molecule has 124 valence electrons. The predicted molar refractivity (Wildman–Crippen MR) is 98.4 cm³/mol. The summed E-state index contributed by atoms with van der Waals surface area (Å²) in [6, 6.07) is 15.7. The van der Waals surface area contributed by atoms with Crippen molar-refractivity contribution in [2.75, 3.05) is 0 Å². The monoisotopic (exact) mass is 330 g/mol. The topological polar surface area (TPSA) is 59.8 Å². The summed E-state index contributed by atoms with van der Waals surface area (Å²) >= 11 is 0. The van der Waals surface area contributed by atoms with E-state index in [4.69, 9.17) is 0 Å². The van der Waals surface area contributed by atoms with Gasteiger partial charge in [-0.3, -0.25) is 14.5 Å². The molecule has 4 rings (SSSR count). The number of hydrogen-bond acceptors (Lipinski definition) is 3. The van der Waals surface area contributed by atoms with E-state index in [1.165, 1.54) is 0 Å². The maximum Gasteiger partial charge on any atom is 0.272 e. The zero-order valence-electron chi connectivity index (χ0n) is 14.2. The number of para-hydroxylation sites is 1. The zero-order chi connectivity index (χ0) is 17.4. The van der Waals surface area contributed by atoms with Crippen LogP contribution in [0.2, 0.25) is 0 Å². The van der Waals surface area contributed by atoms with Crippen LogP contribution in [0, 0.1) is 6.92 Å². The van der Waals surface area contributed by atoms with Crippen molar-refractivity contribution in [3.8, 4) is 0 Å². The minimum atomic E-state index is -0.169. The first-order valence-electron chi connectivity index (χ1n) is 8.18. The van der Waals surface area contributed by atoms with Gasteiger partial charge < -0.3 is 5.32 Å². The van der Waals surface area contributed by atoms with Crippen LogP contribution in [0.3, 0.4) is 0 Å². The smallest absolute Gasteiger partial charge is 0.272 e. The average Bonchev–Trinajstić information content (AvgIpc) is 2.98. The number of carbonyl (C=O) groups excluding carboxylic acids is 1. The number of rotatable bonds is 3. The van der Waals surface area contributed by atoms with E-state index in [0.717, 1.165) is 32.9 Å². The number of carbonyl (C=O) groups is 1. The molecule has 0 aliphatic heterocycles. The normalized spacial score (nSPS) is 11.1. The van der Waals surface area contributed by atoms with Crippen molar-refractivity contribution < 1.29 is 4.79 Å². The molecule has 0 spiro atoms. The van der Waals surface area contributed by atoms with Crippen molar-refractivity contribution in [1.82, 2.24) is 20.1 Å². The Labute approximate surface area is 145 Å². The largest absolute Gasteiger partial charge is 0.347 e. The molecule has 1 N–H and O–H groups in total. The van der Waals surface area contributed by atoms with Crippen LogP contribution < -0.4 is 5.32 Å². The fourth-order valence-electron chi connectivity index (χ4n) is 3.19. The highest BCUT2D eigenvalue weighted by Gasteiger charge is 2.16. The number of nitrogens with one attached hydrogen (secondary N) is 1. The quantitative estimate of drug-likeness (QED) is 0.626. The van der Waals surface area contributed by atoms with E-state index < -0.39 is 0 Å². The van der Waals surface area contributed by atoms with Gasteiger partial charge in [-0.05, 0) is 36.2 Å². The van der Waals surface area contributed by atoms with Gasteiger partial charge in [-0.2, -0.15) is 5.10 Å². The Hall–Kier alpha value is -3.21. The number of benzene rings is 2. The molecule has 5 nitrogen and oxygen atoms in total. The Morgan fingerprint density at radius 3 is 2.76 bits per heavy atom. The molecule has 0 atom stereocenters. The molecule has 4 aromatic rings. The highest BCUT2D eigenvalue weighted by Crippen LogP contribution is 2.21. The average molecular weight is 330 g/mol. The Kier molecular flexibility index (Phi) is 3.69. The van der Waals surface area contributed by atoms with Crippen molar-refractivity contribution in [2.24, 2.45) is 7.05 Å². The molecule has 5 heteroatoms. The summed E-state index contributed by atoms with van der Waals surface area (Å²) in [6.45, 7) is 2.49. The van der Waals surface area contributed by atoms with Crippen molar-refractivity contribution in [2.45, 2.75) is 13.5 Å². The van der Waals surface area contributed by atoms with Gasteiger partial charge in [0.05, 0.1) is 11.0 Å². The number of amides is 1.